The Balaban J connectivity index is 2.77. The molecule has 1 aromatic carbocycles. The van der Waals surface area contributed by atoms with E-state index in [2.05, 4.69) is 19.9 Å². The summed E-state index contributed by atoms with van der Waals surface area (Å²) in [4.78, 5) is 4.70. The van der Waals surface area contributed by atoms with Crippen molar-refractivity contribution in [2.24, 2.45) is 5.73 Å². The molecule has 0 aliphatic rings. The summed E-state index contributed by atoms with van der Waals surface area (Å²) in [5.74, 6) is 1.79. The lowest BCUT2D eigenvalue weighted by Crippen LogP contribution is -2.11. The van der Waals surface area contributed by atoms with Crippen LogP contribution in [0, 0.1) is 6.92 Å². The number of rotatable bonds is 4. The third-order valence-corrected chi connectivity index (χ3v) is 3.40. The van der Waals surface area contributed by atoms with Gasteiger partial charge in [-0.2, -0.15) is 0 Å². The van der Waals surface area contributed by atoms with Crippen LogP contribution in [0.5, 0.6) is 11.5 Å². The molecule has 102 valence electrons. The van der Waals surface area contributed by atoms with E-state index in [4.69, 9.17) is 20.2 Å². The lowest BCUT2D eigenvalue weighted by Gasteiger charge is -2.15. The predicted molar refractivity (Wildman–Crippen MR) is 77.1 cm³/mol. The molecular weight excluding hydrogens is 240 g/mol. The molecule has 2 aromatic rings. The van der Waals surface area contributed by atoms with Crippen molar-refractivity contribution in [2.45, 2.75) is 19.8 Å². The van der Waals surface area contributed by atoms with Gasteiger partial charge in [0.1, 0.15) is 17.0 Å². The largest absolute Gasteiger partial charge is 0.496 e. The number of methoxy groups -OCH3 is 2. The van der Waals surface area contributed by atoms with Crippen molar-refractivity contribution in [3.8, 4) is 11.5 Å². The molecule has 0 aliphatic heterocycles. The van der Waals surface area contributed by atoms with E-state index < -0.39 is 0 Å². The molecule has 1 atom stereocenters. The van der Waals surface area contributed by atoms with Crippen LogP contribution in [0.1, 0.15) is 24.1 Å². The summed E-state index contributed by atoms with van der Waals surface area (Å²) in [6, 6.07) is 5.86. The van der Waals surface area contributed by atoms with Crippen LogP contribution in [0.2, 0.25) is 0 Å². The van der Waals surface area contributed by atoms with Gasteiger partial charge in [-0.3, -0.25) is 0 Å². The van der Waals surface area contributed by atoms with Crippen molar-refractivity contribution in [1.82, 2.24) is 4.98 Å². The van der Waals surface area contributed by atoms with E-state index in [0.29, 0.717) is 6.54 Å². The molecule has 4 heteroatoms. The Morgan fingerprint density at radius 1 is 1.21 bits per heavy atom. The number of ether oxygens (including phenoxy) is 2. The fourth-order valence-corrected chi connectivity index (χ4v) is 2.21. The van der Waals surface area contributed by atoms with Crippen LogP contribution in [-0.2, 0) is 0 Å². The number of nitrogens with zero attached hydrogens (tertiary/aromatic N) is 1. The minimum Gasteiger partial charge on any atom is -0.496 e. The predicted octanol–water partition coefficient (Wildman–Crippen LogP) is 2.62. The van der Waals surface area contributed by atoms with Gasteiger partial charge in [0.15, 0.2) is 0 Å². The number of hydrogen-bond acceptors (Lipinski definition) is 4. The maximum Gasteiger partial charge on any atom is 0.145 e. The first kappa shape index (κ1) is 13.6. The molecule has 1 aromatic heterocycles. The first-order valence-corrected chi connectivity index (χ1v) is 6.34. The second-order valence-electron chi connectivity index (χ2n) is 4.69. The Morgan fingerprint density at radius 2 is 1.84 bits per heavy atom. The van der Waals surface area contributed by atoms with Gasteiger partial charge in [0.25, 0.3) is 0 Å². The van der Waals surface area contributed by atoms with Gasteiger partial charge in [0.2, 0.25) is 0 Å². The molecule has 0 bridgehead atoms. The summed E-state index contributed by atoms with van der Waals surface area (Å²) in [5.41, 5.74) is 8.67. The monoisotopic (exact) mass is 260 g/mol. The SMILES string of the molecule is COc1ccc(OC)c2c(C)cc(C(C)CN)nc12. The number of aromatic nitrogens is 1. The second kappa shape index (κ2) is 5.45. The highest BCUT2D eigenvalue weighted by atomic mass is 16.5. The fraction of sp³-hybridized carbons (Fsp3) is 0.400. The van der Waals surface area contributed by atoms with Gasteiger partial charge < -0.3 is 15.2 Å². The number of fused-ring (bicyclic) bond motifs is 1. The summed E-state index contributed by atoms with van der Waals surface area (Å²) in [5, 5.41) is 0.995. The lowest BCUT2D eigenvalue weighted by atomic mass is 10.0. The average molecular weight is 260 g/mol. The molecule has 19 heavy (non-hydrogen) atoms. The maximum atomic E-state index is 5.73. The number of benzene rings is 1. The van der Waals surface area contributed by atoms with Crippen molar-refractivity contribution >= 4 is 10.9 Å². The van der Waals surface area contributed by atoms with Crippen molar-refractivity contribution in [1.29, 1.82) is 0 Å². The molecule has 2 rings (SSSR count). The van der Waals surface area contributed by atoms with Crippen molar-refractivity contribution in [3.63, 3.8) is 0 Å². The Labute approximate surface area is 113 Å². The molecule has 0 fully saturated rings. The summed E-state index contributed by atoms with van der Waals surface area (Å²) < 4.78 is 10.8. The van der Waals surface area contributed by atoms with E-state index in [0.717, 1.165) is 33.7 Å². The smallest absolute Gasteiger partial charge is 0.145 e. The zero-order valence-electron chi connectivity index (χ0n) is 11.9. The summed E-state index contributed by atoms with van der Waals surface area (Å²) in [7, 11) is 3.31. The fourth-order valence-electron chi connectivity index (χ4n) is 2.21. The Hall–Kier alpha value is -1.81. The van der Waals surface area contributed by atoms with Gasteiger partial charge in [0.05, 0.1) is 14.2 Å². The first-order valence-electron chi connectivity index (χ1n) is 6.34. The van der Waals surface area contributed by atoms with E-state index in [9.17, 15) is 0 Å². The first-order chi connectivity index (χ1) is 9.12. The van der Waals surface area contributed by atoms with E-state index in [1.54, 1.807) is 14.2 Å². The van der Waals surface area contributed by atoms with Crippen LogP contribution in [0.4, 0.5) is 0 Å². The molecular formula is C15H20N2O2. The highest BCUT2D eigenvalue weighted by Crippen LogP contribution is 2.35. The number of nitrogens with two attached hydrogens (primary N) is 1. The molecule has 0 saturated carbocycles. The van der Waals surface area contributed by atoms with Gasteiger partial charge in [0, 0.05) is 23.5 Å². The van der Waals surface area contributed by atoms with Crippen molar-refractivity contribution in [3.05, 3.63) is 29.5 Å². The topological polar surface area (TPSA) is 57.4 Å². The maximum absolute atomic E-state index is 5.73. The Kier molecular flexibility index (Phi) is 3.90. The standard InChI is InChI=1S/C15H20N2O2/c1-9-7-11(10(2)8-16)17-15-13(19-4)6-5-12(18-3)14(9)15/h5-7,10H,8,16H2,1-4H3. The van der Waals surface area contributed by atoms with Crippen LogP contribution in [0.25, 0.3) is 10.9 Å². The van der Waals surface area contributed by atoms with E-state index in [1.165, 1.54) is 0 Å². The molecule has 0 amide bonds. The van der Waals surface area contributed by atoms with Crippen molar-refractivity contribution in [2.75, 3.05) is 20.8 Å². The molecule has 2 N–H and O–H groups in total. The minimum absolute atomic E-state index is 0.221. The van der Waals surface area contributed by atoms with E-state index in [1.807, 2.05) is 12.1 Å². The quantitative estimate of drug-likeness (QED) is 0.918. The van der Waals surface area contributed by atoms with Gasteiger partial charge in [-0.25, -0.2) is 4.98 Å². The van der Waals surface area contributed by atoms with Gasteiger partial charge in [-0.1, -0.05) is 6.92 Å². The molecule has 1 heterocycles. The lowest BCUT2D eigenvalue weighted by molar-refractivity contribution is 0.409. The Bertz CT molecular complexity index is 596. The van der Waals surface area contributed by atoms with E-state index >= 15 is 0 Å². The molecule has 1 unspecified atom stereocenters. The zero-order chi connectivity index (χ0) is 14.0. The number of hydrogen-bond donors (Lipinski definition) is 1. The molecule has 0 spiro atoms. The molecule has 0 radical (unpaired) electrons. The highest BCUT2D eigenvalue weighted by molar-refractivity contribution is 5.93. The van der Waals surface area contributed by atoms with Gasteiger partial charge in [-0.05, 0) is 30.7 Å². The number of aryl methyl sites for hydroxylation is 1. The minimum atomic E-state index is 0.221. The highest BCUT2D eigenvalue weighted by Gasteiger charge is 2.14. The van der Waals surface area contributed by atoms with Crippen LogP contribution >= 0.6 is 0 Å². The molecule has 0 aliphatic carbocycles. The second-order valence-corrected chi connectivity index (χ2v) is 4.69. The third kappa shape index (κ3) is 2.36. The summed E-state index contributed by atoms with van der Waals surface area (Å²) in [6.07, 6.45) is 0. The normalized spacial score (nSPS) is 12.5. The molecule has 0 saturated heterocycles. The summed E-state index contributed by atoms with van der Waals surface area (Å²) in [6.45, 7) is 4.70. The summed E-state index contributed by atoms with van der Waals surface area (Å²) >= 11 is 0. The molecule has 4 nitrogen and oxygen atoms in total. The third-order valence-electron chi connectivity index (χ3n) is 3.40. The van der Waals surface area contributed by atoms with Crippen molar-refractivity contribution < 1.29 is 9.47 Å². The van der Waals surface area contributed by atoms with Crippen LogP contribution in [0.3, 0.4) is 0 Å². The van der Waals surface area contributed by atoms with Crippen LogP contribution in [-0.4, -0.2) is 25.7 Å². The average Bonchev–Trinajstić information content (AvgIpc) is 2.44. The zero-order valence-corrected chi connectivity index (χ0v) is 11.9. The van der Waals surface area contributed by atoms with Crippen LogP contribution in [0.15, 0.2) is 18.2 Å². The van der Waals surface area contributed by atoms with Gasteiger partial charge >= 0.3 is 0 Å². The Morgan fingerprint density at radius 3 is 2.42 bits per heavy atom. The van der Waals surface area contributed by atoms with Gasteiger partial charge in [-0.15, -0.1) is 0 Å². The number of pyridine rings is 1. The van der Waals surface area contributed by atoms with Crippen LogP contribution < -0.4 is 15.2 Å². The van der Waals surface area contributed by atoms with E-state index in [-0.39, 0.29) is 5.92 Å².